The molecular weight excluding hydrogens is 248 g/mol. The van der Waals surface area contributed by atoms with E-state index < -0.39 is 0 Å². The van der Waals surface area contributed by atoms with E-state index in [-0.39, 0.29) is 0 Å². The zero-order valence-corrected chi connectivity index (χ0v) is 12.4. The van der Waals surface area contributed by atoms with Crippen LogP contribution in [0.5, 0.6) is 0 Å². The van der Waals surface area contributed by atoms with Gasteiger partial charge in [0.15, 0.2) is 0 Å². The molecule has 1 heterocycles. The molecule has 20 heavy (non-hydrogen) atoms. The number of nitrogens with zero attached hydrogens (tertiary/aromatic N) is 3. The van der Waals surface area contributed by atoms with E-state index in [2.05, 4.69) is 58.4 Å². The van der Waals surface area contributed by atoms with Gasteiger partial charge in [-0.2, -0.15) is 0 Å². The Balaban J connectivity index is 2.06. The third kappa shape index (κ3) is 3.70. The Morgan fingerprint density at radius 1 is 1.15 bits per heavy atom. The molecule has 0 amide bonds. The molecular formula is C16H22N4. The van der Waals surface area contributed by atoms with Crippen LogP contribution in [0, 0.1) is 0 Å². The van der Waals surface area contributed by atoms with Gasteiger partial charge in [-0.25, -0.2) is 9.97 Å². The first-order valence-corrected chi connectivity index (χ1v) is 7.03. The molecule has 2 aromatic rings. The Hall–Kier alpha value is -2.10. The lowest BCUT2D eigenvalue weighted by molar-refractivity contribution is 0.838. The average molecular weight is 270 g/mol. The number of rotatable bonds is 6. The van der Waals surface area contributed by atoms with Crippen LogP contribution in [0.2, 0.25) is 0 Å². The van der Waals surface area contributed by atoms with Crippen molar-refractivity contribution in [3.63, 3.8) is 0 Å². The van der Waals surface area contributed by atoms with Gasteiger partial charge in [-0.3, -0.25) is 0 Å². The van der Waals surface area contributed by atoms with Crippen LogP contribution in [-0.2, 0) is 12.8 Å². The number of hydrogen-bond donors (Lipinski definition) is 1. The molecule has 0 spiro atoms. The van der Waals surface area contributed by atoms with Crippen LogP contribution < -0.4 is 10.2 Å². The molecule has 4 heteroatoms. The SMILES string of the molecule is CCc1nc(NC)cc(N(C)CCc2ccccc2)n1. The normalized spacial score (nSPS) is 10.3. The summed E-state index contributed by atoms with van der Waals surface area (Å²) in [6, 6.07) is 12.5. The van der Waals surface area contributed by atoms with E-state index in [1.807, 2.05) is 19.2 Å². The minimum atomic E-state index is 0.842. The van der Waals surface area contributed by atoms with Gasteiger partial charge in [-0.05, 0) is 12.0 Å². The molecule has 1 aromatic carbocycles. The third-order valence-electron chi connectivity index (χ3n) is 3.30. The first kappa shape index (κ1) is 14.3. The highest BCUT2D eigenvalue weighted by atomic mass is 15.2. The number of likely N-dealkylation sites (N-methyl/N-ethyl adjacent to an activating group) is 1. The summed E-state index contributed by atoms with van der Waals surface area (Å²) in [5.74, 6) is 2.72. The molecule has 0 radical (unpaired) electrons. The predicted molar refractivity (Wildman–Crippen MR) is 84.4 cm³/mol. The largest absolute Gasteiger partial charge is 0.373 e. The van der Waals surface area contributed by atoms with Crippen LogP contribution in [0.15, 0.2) is 36.4 Å². The van der Waals surface area contributed by atoms with Crippen molar-refractivity contribution in [1.82, 2.24) is 9.97 Å². The maximum atomic E-state index is 4.59. The molecule has 1 aromatic heterocycles. The second-order valence-electron chi connectivity index (χ2n) is 4.79. The summed E-state index contributed by atoms with van der Waals surface area (Å²) in [5.41, 5.74) is 1.35. The Bertz CT molecular complexity index is 517. The number of benzene rings is 1. The highest BCUT2D eigenvalue weighted by molar-refractivity contribution is 5.48. The lowest BCUT2D eigenvalue weighted by Gasteiger charge is -2.19. The summed E-state index contributed by atoms with van der Waals surface area (Å²) in [6.07, 6.45) is 1.85. The zero-order valence-electron chi connectivity index (χ0n) is 12.4. The fourth-order valence-corrected chi connectivity index (χ4v) is 2.02. The molecule has 0 aliphatic heterocycles. The van der Waals surface area contributed by atoms with E-state index >= 15 is 0 Å². The average Bonchev–Trinajstić information content (AvgIpc) is 2.52. The van der Waals surface area contributed by atoms with Crippen molar-refractivity contribution in [1.29, 1.82) is 0 Å². The van der Waals surface area contributed by atoms with Gasteiger partial charge in [-0.15, -0.1) is 0 Å². The number of aromatic nitrogens is 2. The van der Waals surface area contributed by atoms with Crippen LogP contribution in [0.4, 0.5) is 11.6 Å². The summed E-state index contributed by atoms with van der Waals surface area (Å²) in [5, 5.41) is 3.09. The molecule has 2 rings (SSSR count). The molecule has 0 aliphatic rings. The standard InChI is InChI=1S/C16H22N4/c1-4-14-18-15(17-2)12-16(19-14)20(3)11-10-13-8-6-5-7-9-13/h5-9,12H,4,10-11H2,1-3H3,(H,17,18,19). The van der Waals surface area contributed by atoms with Crippen molar-refractivity contribution in [2.24, 2.45) is 0 Å². The second-order valence-corrected chi connectivity index (χ2v) is 4.79. The molecule has 0 bridgehead atoms. The van der Waals surface area contributed by atoms with Crippen LogP contribution in [0.1, 0.15) is 18.3 Å². The molecule has 0 atom stereocenters. The first-order valence-electron chi connectivity index (χ1n) is 7.03. The summed E-state index contributed by atoms with van der Waals surface area (Å²) < 4.78 is 0. The zero-order chi connectivity index (χ0) is 14.4. The number of nitrogens with one attached hydrogen (secondary N) is 1. The van der Waals surface area contributed by atoms with E-state index in [1.54, 1.807) is 0 Å². The molecule has 1 N–H and O–H groups in total. The fraction of sp³-hybridized carbons (Fsp3) is 0.375. The van der Waals surface area contributed by atoms with E-state index in [1.165, 1.54) is 5.56 Å². The number of aryl methyl sites for hydroxylation is 1. The van der Waals surface area contributed by atoms with Crippen molar-refractivity contribution in [3.05, 3.63) is 47.8 Å². The van der Waals surface area contributed by atoms with E-state index in [0.29, 0.717) is 0 Å². The predicted octanol–water partition coefficient (Wildman–Crippen LogP) is 2.76. The van der Waals surface area contributed by atoms with Gasteiger partial charge in [0.1, 0.15) is 17.5 Å². The number of hydrogen-bond acceptors (Lipinski definition) is 4. The molecule has 0 unspecified atom stereocenters. The Kier molecular flexibility index (Phi) is 4.93. The third-order valence-corrected chi connectivity index (χ3v) is 3.30. The topological polar surface area (TPSA) is 41.1 Å². The molecule has 106 valence electrons. The van der Waals surface area contributed by atoms with Crippen LogP contribution >= 0.6 is 0 Å². The van der Waals surface area contributed by atoms with Gasteiger partial charge in [0.05, 0.1) is 0 Å². The maximum Gasteiger partial charge on any atom is 0.134 e. The molecule has 0 saturated heterocycles. The lowest BCUT2D eigenvalue weighted by Crippen LogP contribution is -2.22. The van der Waals surface area contributed by atoms with Crippen molar-refractivity contribution < 1.29 is 0 Å². The van der Waals surface area contributed by atoms with Gasteiger partial charge < -0.3 is 10.2 Å². The van der Waals surface area contributed by atoms with E-state index in [9.17, 15) is 0 Å². The highest BCUT2D eigenvalue weighted by Crippen LogP contribution is 2.15. The Labute approximate surface area is 120 Å². The quantitative estimate of drug-likeness (QED) is 0.876. The van der Waals surface area contributed by atoms with Crippen molar-refractivity contribution in [3.8, 4) is 0 Å². The monoisotopic (exact) mass is 270 g/mol. The van der Waals surface area contributed by atoms with Gasteiger partial charge in [0.25, 0.3) is 0 Å². The molecule has 0 aliphatic carbocycles. The second kappa shape index (κ2) is 6.89. The van der Waals surface area contributed by atoms with Gasteiger partial charge in [0.2, 0.25) is 0 Å². The fourth-order valence-electron chi connectivity index (χ4n) is 2.02. The molecule has 0 saturated carbocycles. The summed E-state index contributed by atoms with van der Waals surface area (Å²) >= 11 is 0. The van der Waals surface area contributed by atoms with E-state index in [4.69, 9.17) is 0 Å². The number of anilines is 2. The molecule has 0 fully saturated rings. The minimum Gasteiger partial charge on any atom is -0.373 e. The Morgan fingerprint density at radius 3 is 2.55 bits per heavy atom. The minimum absolute atomic E-state index is 0.842. The lowest BCUT2D eigenvalue weighted by atomic mass is 10.1. The summed E-state index contributed by atoms with van der Waals surface area (Å²) in [6.45, 7) is 3.01. The van der Waals surface area contributed by atoms with Crippen molar-refractivity contribution in [2.45, 2.75) is 19.8 Å². The first-order chi connectivity index (χ1) is 9.72. The van der Waals surface area contributed by atoms with Crippen molar-refractivity contribution in [2.75, 3.05) is 30.9 Å². The van der Waals surface area contributed by atoms with Crippen LogP contribution in [-0.4, -0.2) is 30.6 Å². The maximum absolute atomic E-state index is 4.59. The van der Waals surface area contributed by atoms with Gasteiger partial charge in [0, 0.05) is 33.1 Å². The van der Waals surface area contributed by atoms with Crippen molar-refractivity contribution >= 4 is 11.6 Å². The highest BCUT2D eigenvalue weighted by Gasteiger charge is 2.07. The molecule has 4 nitrogen and oxygen atoms in total. The smallest absolute Gasteiger partial charge is 0.134 e. The van der Waals surface area contributed by atoms with Gasteiger partial charge >= 0.3 is 0 Å². The van der Waals surface area contributed by atoms with E-state index in [0.717, 1.165) is 36.8 Å². The Morgan fingerprint density at radius 2 is 1.90 bits per heavy atom. The van der Waals surface area contributed by atoms with Crippen LogP contribution in [0.25, 0.3) is 0 Å². The summed E-state index contributed by atoms with van der Waals surface area (Å²) in [4.78, 5) is 11.2. The van der Waals surface area contributed by atoms with Crippen LogP contribution in [0.3, 0.4) is 0 Å². The summed E-state index contributed by atoms with van der Waals surface area (Å²) in [7, 11) is 3.96. The van der Waals surface area contributed by atoms with Gasteiger partial charge in [-0.1, -0.05) is 37.3 Å².